The number of carbonyl (C=O) groups is 10. The molecule has 0 aliphatic carbocycles. The summed E-state index contributed by atoms with van der Waals surface area (Å²) in [7, 11) is 0. The van der Waals surface area contributed by atoms with Gasteiger partial charge >= 0.3 is 59.7 Å². The van der Waals surface area contributed by atoms with E-state index in [1.54, 1.807) is 12.1 Å². The van der Waals surface area contributed by atoms with Gasteiger partial charge in [-0.05, 0) is 248 Å². The fraction of sp³-hybridized carbons (Fsp3) is 0.261. The van der Waals surface area contributed by atoms with Crippen molar-refractivity contribution in [2.75, 3.05) is 52.9 Å². The Morgan fingerprint density at radius 3 is 0.767 bits per heavy atom. The summed E-state index contributed by atoms with van der Waals surface area (Å²) in [5.74, 6) is -8.77. The van der Waals surface area contributed by atoms with Crippen molar-refractivity contribution in [3.8, 4) is 69.3 Å². The molecule has 0 saturated carbocycles. The monoisotopic (exact) mass is 1650 g/mol. The van der Waals surface area contributed by atoms with Gasteiger partial charge in [0.15, 0.2) is 46.3 Å². The molecular weight excluding hydrogens is 1560 g/mol. The minimum absolute atomic E-state index is 0.107. The quantitative estimate of drug-likeness (QED) is 0.00651. The zero-order valence-corrected chi connectivity index (χ0v) is 65.4. The van der Waals surface area contributed by atoms with Gasteiger partial charge in [-0.25, -0.2) is 65.5 Å². The Morgan fingerprint density at radius 2 is 0.500 bits per heavy atom. The van der Waals surface area contributed by atoms with Gasteiger partial charge in [0.1, 0.15) is 45.6 Å². The minimum Gasteiger partial charge on any atom is -0.491 e. The molecular formula is C92H86F4O24. The molecule has 0 aliphatic heterocycles. The molecule has 0 amide bonds. The SMILES string of the molecule is C=CC(=O)OCCCCCCOc1ccc(C(=O)Oc2ccc(OC(=O)c3ccc(OCCCCCCOC(=O)C=C)c(F)c3)c(C(=O)Oc3cccc(C#Cc4cccc(OC(=O)c5cc(OC(=O)c6ccc(OCCCCCCOC(=O)C=C)c(F)c6)ccc5OC(=O)c5ccc(OCCCCCCOC(=O)C=C)c(F)c5)c4)c3)c2)cc1F. The van der Waals surface area contributed by atoms with Crippen LogP contribution < -0.4 is 47.4 Å². The lowest BCUT2D eigenvalue weighted by Gasteiger charge is -2.13. The molecule has 8 rings (SSSR count). The van der Waals surface area contributed by atoms with E-state index in [9.17, 15) is 47.9 Å². The van der Waals surface area contributed by atoms with Gasteiger partial charge in [-0.1, -0.05) is 50.3 Å². The van der Waals surface area contributed by atoms with E-state index in [2.05, 4.69) is 38.2 Å². The maximum absolute atomic E-state index is 15.5. The fourth-order valence-electron chi connectivity index (χ4n) is 10.9. The average molecular weight is 1650 g/mol. The summed E-state index contributed by atoms with van der Waals surface area (Å²) in [5, 5.41) is 0. The third kappa shape index (κ3) is 30.8. The number of esters is 10. The van der Waals surface area contributed by atoms with Crippen LogP contribution in [0.25, 0.3) is 0 Å². The van der Waals surface area contributed by atoms with Crippen molar-refractivity contribution in [2.24, 2.45) is 0 Å². The molecule has 0 bridgehead atoms. The molecule has 0 aliphatic rings. The maximum Gasteiger partial charge on any atom is 0.347 e. The van der Waals surface area contributed by atoms with Gasteiger partial charge in [0, 0.05) is 35.4 Å². The number of halogens is 4. The predicted octanol–water partition coefficient (Wildman–Crippen LogP) is 17.6. The van der Waals surface area contributed by atoms with E-state index in [0.29, 0.717) is 103 Å². The van der Waals surface area contributed by atoms with E-state index in [4.69, 9.17) is 66.3 Å². The summed E-state index contributed by atoms with van der Waals surface area (Å²) in [6, 6.07) is 31.8. The van der Waals surface area contributed by atoms with Crippen LogP contribution in [0.4, 0.5) is 17.6 Å². The molecule has 0 N–H and O–H groups in total. The lowest BCUT2D eigenvalue weighted by molar-refractivity contribution is -0.138. The number of hydrogen-bond donors (Lipinski definition) is 0. The van der Waals surface area contributed by atoms with Crippen LogP contribution in [-0.2, 0) is 38.1 Å². The highest BCUT2D eigenvalue weighted by atomic mass is 19.1. The Balaban J connectivity index is 0.965. The lowest BCUT2D eigenvalue weighted by Crippen LogP contribution is -2.16. The van der Waals surface area contributed by atoms with Crippen LogP contribution in [0.1, 0.15) is 176 Å². The largest absolute Gasteiger partial charge is 0.491 e. The molecule has 626 valence electrons. The highest BCUT2D eigenvalue weighted by Gasteiger charge is 2.26. The average Bonchev–Trinajstić information content (AvgIpc) is 0.816. The molecule has 24 nitrogen and oxygen atoms in total. The highest BCUT2D eigenvalue weighted by molar-refractivity contribution is 6.00. The van der Waals surface area contributed by atoms with Crippen LogP contribution in [0.5, 0.6) is 57.5 Å². The van der Waals surface area contributed by atoms with Crippen LogP contribution in [0.15, 0.2) is 208 Å². The number of benzene rings is 8. The number of rotatable bonds is 48. The Labute approximate surface area is 689 Å². The van der Waals surface area contributed by atoms with Gasteiger partial charge in [-0.3, -0.25) is 0 Å². The minimum atomic E-state index is -1.17. The van der Waals surface area contributed by atoms with E-state index in [1.807, 2.05) is 0 Å². The Kier molecular flexibility index (Phi) is 37.4. The van der Waals surface area contributed by atoms with Crippen LogP contribution >= 0.6 is 0 Å². The van der Waals surface area contributed by atoms with Gasteiger partial charge in [0.25, 0.3) is 0 Å². The molecule has 0 aromatic heterocycles. The van der Waals surface area contributed by atoms with Crippen LogP contribution in [0.2, 0.25) is 0 Å². The second-order valence-corrected chi connectivity index (χ2v) is 26.1. The summed E-state index contributed by atoms with van der Waals surface area (Å²) in [6.07, 6.45) is 14.5. The maximum atomic E-state index is 15.5. The van der Waals surface area contributed by atoms with Crippen molar-refractivity contribution >= 4 is 59.7 Å². The molecule has 8 aromatic rings. The van der Waals surface area contributed by atoms with Crippen molar-refractivity contribution in [1.29, 1.82) is 0 Å². The van der Waals surface area contributed by atoms with Crippen molar-refractivity contribution in [3.05, 3.63) is 276 Å². The molecule has 28 heteroatoms. The fourth-order valence-corrected chi connectivity index (χ4v) is 10.9. The second kappa shape index (κ2) is 49.1. The molecule has 0 heterocycles. The van der Waals surface area contributed by atoms with Crippen molar-refractivity contribution in [2.45, 2.75) is 103 Å². The molecule has 8 aromatic carbocycles. The number of ether oxygens (including phenoxy) is 14. The summed E-state index contributed by atoms with van der Waals surface area (Å²) in [6.45, 7) is 14.9. The van der Waals surface area contributed by atoms with Crippen molar-refractivity contribution in [3.63, 3.8) is 0 Å². The summed E-state index contributed by atoms with van der Waals surface area (Å²) >= 11 is 0. The number of hydrogen-bond acceptors (Lipinski definition) is 24. The Morgan fingerprint density at radius 1 is 0.258 bits per heavy atom. The standard InChI is InChI=1S/C92H86F4O24/c1-5-83(97)111-49-21-13-9-17-45-107-79-39-33-63(55-73(79)93)87(101)115-69-37-43-77(119-89(103)65-35-41-81(75(95)57-65)109-47-19-11-15-23-51-113-85(99)7-3)71(59-69)91(105)117-67-29-25-27-61(53-67)31-32-62-28-26-30-68(54-62)118-92(106)72-60-70(116-88(102)64-34-40-80(74(94)56-64)108-46-18-10-14-22-50-112-84(98)6-2)38-44-78(72)120-90(104)66-36-42-82(76(96)58-66)110-48-20-12-16-24-52-114-86(100)8-4/h5-8,25-30,33-44,53-60H,1-4,9-24,45-52H2. The summed E-state index contributed by atoms with van der Waals surface area (Å²) < 4.78 is 138. The molecule has 0 fully saturated rings. The Bertz CT molecular complexity index is 4750. The molecule has 0 spiro atoms. The van der Waals surface area contributed by atoms with Crippen molar-refractivity contribution in [1.82, 2.24) is 0 Å². The normalized spacial score (nSPS) is 10.5. The van der Waals surface area contributed by atoms with Gasteiger partial charge in [0.05, 0.1) is 75.1 Å². The number of carbonyl (C=O) groups excluding carboxylic acids is 10. The van der Waals surface area contributed by atoms with E-state index in [1.165, 1.54) is 97.1 Å². The van der Waals surface area contributed by atoms with E-state index >= 15 is 17.6 Å². The van der Waals surface area contributed by atoms with E-state index in [-0.39, 0.29) is 132 Å². The summed E-state index contributed by atoms with van der Waals surface area (Å²) in [4.78, 5) is 128. The molecule has 0 atom stereocenters. The first-order valence-corrected chi connectivity index (χ1v) is 38.3. The highest BCUT2D eigenvalue weighted by Crippen LogP contribution is 2.33. The topological polar surface area (TPSA) is 300 Å². The first kappa shape index (κ1) is 91.4. The second-order valence-electron chi connectivity index (χ2n) is 26.1. The van der Waals surface area contributed by atoms with Gasteiger partial charge in [0.2, 0.25) is 0 Å². The zero-order valence-electron chi connectivity index (χ0n) is 65.4. The molecule has 0 saturated heterocycles. The summed E-state index contributed by atoms with van der Waals surface area (Å²) in [5.41, 5.74) is -1.54. The Hall–Kier alpha value is -14.1. The predicted molar refractivity (Wildman–Crippen MR) is 428 cm³/mol. The first-order chi connectivity index (χ1) is 58.1. The van der Waals surface area contributed by atoms with Gasteiger partial charge in [-0.2, -0.15) is 0 Å². The lowest BCUT2D eigenvalue weighted by atomic mass is 10.1. The van der Waals surface area contributed by atoms with Crippen molar-refractivity contribution < 1.29 is 132 Å². The van der Waals surface area contributed by atoms with Crippen LogP contribution in [0.3, 0.4) is 0 Å². The molecule has 120 heavy (non-hydrogen) atoms. The van der Waals surface area contributed by atoms with Crippen LogP contribution in [-0.4, -0.2) is 113 Å². The van der Waals surface area contributed by atoms with E-state index < -0.39 is 106 Å². The van der Waals surface area contributed by atoms with Crippen LogP contribution in [0, 0.1) is 35.1 Å². The third-order valence-corrected chi connectivity index (χ3v) is 17.1. The zero-order chi connectivity index (χ0) is 86.0. The molecule has 0 unspecified atom stereocenters. The first-order valence-electron chi connectivity index (χ1n) is 38.3. The van der Waals surface area contributed by atoms with Gasteiger partial charge in [-0.15, -0.1) is 0 Å². The van der Waals surface area contributed by atoms with Gasteiger partial charge < -0.3 is 66.3 Å². The molecule has 0 radical (unpaired) electrons. The smallest absolute Gasteiger partial charge is 0.347 e. The van der Waals surface area contributed by atoms with E-state index in [0.717, 1.165) is 72.8 Å². The number of unbranched alkanes of at least 4 members (excludes halogenated alkanes) is 12. The third-order valence-electron chi connectivity index (χ3n) is 17.1.